The first-order valence-electron chi connectivity index (χ1n) is 9.33. The third kappa shape index (κ3) is 5.88. The maximum absolute atomic E-state index is 12.3. The van der Waals surface area contributed by atoms with Crippen LogP contribution in [0.15, 0.2) is 16.2 Å². The first-order valence-corrected chi connectivity index (χ1v) is 10.2. The maximum atomic E-state index is 12.3. The van der Waals surface area contributed by atoms with Crippen molar-refractivity contribution < 1.29 is 37.0 Å². The van der Waals surface area contributed by atoms with E-state index in [1.807, 2.05) is 0 Å². The minimum absolute atomic E-state index is 0.214. The molecule has 13 heteroatoms. The van der Waals surface area contributed by atoms with Gasteiger partial charge in [-0.05, 0) is 0 Å². The summed E-state index contributed by atoms with van der Waals surface area (Å²) in [6.45, 7) is -0.730. The van der Waals surface area contributed by atoms with E-state index >= 15 is 0 Å². The maximum Gasteiger partial charge on any atom is 0.522 e. The summed E-state index contributed by atoms with van der Waals surface area (Å²) in [5.74, 6) is -0.113. The van der Waals surface area contributed by atoms with Gasteiger partial charge in [-0.3, -0.25) is 14.3 Å². The fourth-order valence-corrected chi connectivity index (χ4v) is 4.00. The lowest BCUT2D eigenvalue weighted by Gasteiger charge is -2.31. The Balaban J connectivity index is 1.54. The fraction of sp³-hybridized carbons (Fsp3) is 0.500. The first-order chi connectivity index (χ1) is 14.7. The lowest BCUT2D eigenvalue weighted by molar-refractivity contribution is -0.326. The second-order valence-corrected chi connectivity index (χ2v) is 7.52. The van der Waals surface area contributed by atoms with Crippen LogP contribution in [-0.2, 0) is 9.47 Å². The highest BCUT2D eigenvalue weighted by molar-refractivity contribution is 7.17. The number of nitrogens with zero attached hydrogens (tertiary/aromatic N) is 1. The van der Waals surface area contributed by atoms with Crippen molar-refractivity contribution in [1.29, 1.82) is 0 Å². The molecular formula is C18H20F3N3O6S. The first kappa shape index (κ1) is 22.9. The van der Waals surface area contributed by atoms with Crippen LogP contribution in [0.3, 0.4) is 0 Å². The molecule has 9 nitrogen and oxygen atoms in total. The molecule has 3 heterocycles. The molecule has 0 aromatic carbocycles. The molecule has 31 heavy (non-hydrogen) atoms. The number of likely N-dealkylation sites (tertiary alicyclic amines) is 1. The predicted molar refractivity (Wildman–Crippen MR) is 104 cm³/mol. The number of rotatable bonds is 6. The van der Waals surface area contributed by atoms with E-state index < -0.39 is 25.7 Å². The number of ether oxygens (including phenoxy) is 3. The van der Waals surface area contributed by atoms with Crippen LogP contribution in [-0.4, -0.2) is 67.7 Å². The van der Waals surface area contributed by atoms with Gasteiger partial charge in [0.15, 0.2) is 5.88 Å². The summed E-state index contributed by atoms with van der Waals surface area (Å²) in [5.41, 5.74) is 0.469. The summed E-state index contributed by atoms with van der Waals surface area (Å²) in [6, 6.07) is 1.31. The van der Waals surface area contributed by atoms with Gasteiger partial charge < -0.3 is 24.7 Å². The normalized spacial score (nSPS) is 15.2. The quantitative estimate of drug-likeness (QED) is 0.637. The number of amides is 2. The van der Waals surface area contributed by atoms with Crippen LogP contribution in [0.2, 0.25) is 0 Å². The highest BCUT2D eigenvalue weighted by Gasteiger charge is 2.29. The average Bonchev–Trinajstić information content (AvgIpc) is 3.15. The van der Waals surface area contributed by atoms with E-state index in [0.29, 0.717) is 28.6 Å². The van der Waals surface area contributed by atoms with Gasteiger partial charge in [0.05, 0.1) is 22.4 Å². The number of carbonyl (C=O) groups is 2. The molecule has 2 N–H and O–H groups in total. The smallest absolute Gasteiger partial charge is 0.475 e. The molecule has 3 rings (SSSR count). The number of aromatic amines is 1. The van der Waals surface area contributed by atoms with E-state index in [-0.39, 0.29) is 36.4 Å². The Labute approximate surface area is 178 Å². The molecule has 0 atom stereocenters. The number of piperidine rings is 1. The molecule has 1 aliphatic rings. The Kier molecular flexibility index (Phi) is 7.05. The molecule has 0 aliphatic carbocycles. The van der Waals surface area contributed by atoms with Gasteiger partial charge in [-0.1, -0.05) is 0 Å². The van der Waals surface area contributed by atoms with Gasteiger partial charge >= 0.3 is 12.5 Å². The number of pyridine rings is 1. The van der Waals surface area contributed by atoms with Crippen LogP contribution in [0.4, 0.5) is 18.0 Å². The van der Waals surface area contributed by atoms with Gasteiger partial charge in [0.25, 0.3) is 5.91 Å². The van der Waals surface area contributed by atoms with Gasteiger partial charge in [-0.15, -0.1) is 24.5 Å². The zero-order valence-corrected chi connectivity index (χ0v) is 17.2. The number of thiophene rings is 1. The fourth-order valence-electron chi connectivity index (χ4n) is 3.09. The topological polar surface area (TPSA) is 110 Å². The zero-order chi connectivity index (χ0) is 22.6. The zero-order valence-electron chi connectivity index (χ0n) is 16.4. The van der Waals surface area contributed by atoms with Gasteiger partial charge in [0, 0.05) is 44.4 Å². The van der Waals surface area contributed by atoms with Crippen molar-refractivity contribution in [1.82, 2.24) is 15.2 Å². The minimum atomic E-state index is -4.77. The summed E-state index contributed by atoms with van der Waals surface area (Å²) in [5, 5.41) is 4.11. The molecule has 2 aromatic heterocycles. The van der Waals surface area contributed by atoms with Crippen LogP contribution in [0.5, 0.6) is 5.88 Å². The summed E-state index contributed by atoms with van der Waals surface area (Å²) >= 11 is 1.16. The van der Waals surface area contributed by atoms with Gasteiger partial charge in [-0.25, -0.2) is 4.79 Å². The van der Waals surface area contributed by atoms with Crippen LogP contribution >= 0.6 is 11.3 Å². The van der Waals surface area contributed by atoms with Crippen molar-refractivity contribution in [3.8, 4) is 5.88 Å². The van der Waals surface area contributed by atoms with Crippen molar-refractivity contribution in [2.45, 2.75) is 25.3 Å². The number of halogens is 3. The molecule has 0 bridgehead atoms. The molecule has 1 aliphatic heterocycles. The summed E-state index contributed by atoms with van der Waals surface area (Å²) in [7, 11) is 1.49. The summed E-state index contributed by atoms with van der Waals surface area (Å²) < 4.78 is 50.3. The van der Waals surface area contributed by atoms with E-state index in [1.54, 1.807) is 5.38 Å². The second-order valence-electron chi connectivity index (χ2n) is 6.64. The molecule has 2 amide bonds. The monoisotopic (exact) mass is 463 g/mol. The Hall–Kier alpha value is -2.80. The van der Waals surface area contributed by atoms with E-state index in [4.69, 9.17) is 9.47 Å². The molecule has 0 unspecified atom stereocenters. The van der Waals surface area contributed by atoms with E-state index in [1.165, 1.54) is 18.0 Å². The lowest BCUT2D eigenvalue weighted by atomic mass is 10.1. The average molecular weight is 463 g/mol. The Morgan fingerprint density at radius 2 is 2.00 bits per heavy atom. The van der Waals surface area contributed by atoms with Crippen LogP contribution in [0.25, 0.3) is 10.2 Å². The highest BCUT2D eigenvalue weighted by atomic mass is 32.1. The van der Waals surface area contributed by atoms with Crippen molar-refractivity contribution in [2.75, 3.05) is 33.4 Å². The number of carbonyl (C=O) groups excluding carboxylic acids is 2. The molecule has 170 valence electrons. The van der Waals surface area contributed by atoms with Crippen LogP contribution < -0.4 is 15.5 Å². The molecule has 2 aromatic rings. The van der Waals surface area contributed by atoms with Gasteiger partial charge in [-0.2, -0.15) is 0 Å². The van der Waals surface area contributed by atoms with E-state index in [2.05, 4.69) is 15.0 Å². The Morgan fingerprint density at radius 3 is 2.65 bits per heavy atom. The molecule has 0 spiro atoms. The van der Waals surface area contributed by atoms with Crippen molar-refractivity contribution >= 4 is 33.6 Å². The Morgan fingerprint density at radius 1 is 1.29 bits per heavy atom. The standard InChI is InChI=1S/C18H20F3N3O6S/c1-22-16(26)11-9-31-15-12(25)8-13(23-14(11)15)30-10-2-4-24(5-3-10)17(27)28-6-7-29-18(19,20)21/h8-10H,2-7H2,1H3,(H,22,26)(H,23,25). The number of nitrogens with one attached hydrogen (secondary N) is 2. The Bertz CT molecular complexity index is 998. The highest BCUT2D eigenvalue weighted by Crippen LogP contribution is 2.25. The number of hydrogen-bond acceptors (Lipinski definition) is 7. The van der Waals surface area contributed by atoms with Crippen molar-refractivity contribution in [2.24, 2.45) is 0 Å². The van der Waals surface area contributed by atoms with Crippen molar-refractivity contribution in [3.63, 3.8) is 0 Å². The van der Waals surface area contributed by atoms with Crippen molar-refractivity contribution in [3.05, 3.63) is 27.2 Å². The van der Waals surface area contributed by atoms with Gasteiger partial charge in [0.2, 0.25) is 5.43 Å². The molecule has 0 saturated carbocycles. The van der Waals surface area contributed by atoms with Crippen LogP contribution in [0, 0.1) is 0 Å². The number of fused-ring (bicyclic) bond motifs is 1. The third-order valence-corrected chi connectivity index (χ3v) is 5.56. The summed E-state index contributed by atoms with van der Waals surface area (Å²) in [4.78, 5) is 40.5. The number of aromatic nitrogens is 1. The SMILES string of the molecule is CNC(=O)c1csc2c(=O)cc(OC3CCN(C(=O)OCCOC(F)(F)F)CC3)[nH]c12. The largest absolute Gasteiger partial charge is 0.522 e. The number of H-pyrrole nitrogens is 1. The second kappa shape index (κ2) is 9.56. The number of hydrogen-bond donors (Lipinski definition) is 2. The predicted octanol–water partition coefficient (Wildman–Crippen LogP) is 2.47. The molecule has 0 radical (unpaired) electrons. The molecule has 1 fully saturated rings. The number of alkyl halides is 3. The molecule has 1 saturated heterocycles. The minimum Gasteiger partial charge on any atom is -0.475 e. The molecular weight excluding hydrogens is 443 g/mol. The van der Waals surface area contributed by atoms with E-state index in [0.717, 1.165) is 11.3 Å². The lowest BCUT2D eigenvalue weighted by Crippen LogP contribution is -2.42. The third-order valence-electron chi connectivity index (χ3n) is 4.57. The van der Waals surface area contributed by atoms with Crippen LogP contribution in [0.1, 0.15) is 23.2 Å². The van der Waals surface area contributed by atoms with Gasteiger partial charge in [0.1, 0.15) is 12.7 Å². The van der Waals surface area contributed by atoms with E-state index in [9.17, 15) is 27.6 Å². The summed E-state index contributed by atoms with van der Waals surface area (Å²) in [6.07, 6.45) is -4.93.